The smallest absolute Gasteiger partial charge is 1.00 e. The number of hydrogen-bond acceptors (Lipinski definition) is 0. The molecule has 0 N–H and O–H groups in total. The van der Waals surface area contributed by atoms with Crippen molar-refractivity contribution < 1.29 is 58.9 Å². The molecule has 0 aliphatic heterocycles. The van der Waals surface area contributed by atoms with Crippen molar-refractivity contribution in [2.24, 2.45) is 0 Å². The molecule has 5 heteroatoms. The van der Waals surface area contributed by atoms with Gasteiger partial charge in [0.15, 0.2) is 0 Å². The number of aryl methyl sites for hydroxylation is 2. The van der Waals surface area contributed by atoms with Gasteiger partial charge >= 0.3 is 21.7 Å². The first-order valence-electron chi connectivity index (χ1n) is 10.8. The molecule has 34 heavy (non-hydrogen) atoms. The number of benzene rings is 3. The Morgan fingerprint density at radius 1 is 0.588 bits per heavy atom. The average molecular weight is 561 g/mol. The Balaban J connectivity index is 0.00000272. The van der Waals surface area contributed by atoms with Gasteiger partial charge < -0.3 is 37.2 Å². The number of hydrogen-bond donors (Lipinski definition) is 0. The topological polar surface area (TPSA) is 0 Å². The molecule has 0 saturated heterocycles. The molecule has 0 saturated carbocycles. The molecule has 0 aromatic heterocycles. The van der Waals surface area contributed by atoms with E-state index in [-0.39, 0.29) is 58.9 Å². The molecule has 4 aromatic rings. The third-order valence-corrected chi connectivity index (χ3v) is 9.74. The van der Waals surface area contributed by atoms with E-state index in [4.69, 9.17) is 0 Å². The van der Waals surface area contributed by atoms with Crippen LogP contribution in [-0.2, 0) is 27.8 Å². The van der Waals surface area contributed by atoms with Crippen LogP contribution in [0.4, 0.5) is 0 Å². The van der Waals surface area contributed by atoms with E-state index < -0.39 is 8.80 Å². The summed E-state index contributed by atoms with van der Waals surface area (Å²) in [5.74, 6) is 0. The second-order valence-corrected chi connectivity index (χ2v) is 10.8. The van der Waals surface area contributed by atoms with E-state index in [1.54, 1.807) is 0 Å². The van der Waals surface area contributed by atoms with Gasteiger partial charge in [0.05, 0.1) is 0 Å². The van der Waals surface area contributed by atoms with Crippen LogP contribution in [0.15, 0.2) is 78.9 Å². The monoisotopic (exact) mass is 559 g/mol. The fourth-order valence-corrected chi connectivity index (χ4v) is 7.84. The molecule has 4 aromatic carbocycles. The summed E-state index contributed by atoms with van der Waals surface area (Å²) in [7, 11) is -0.967. The maximum atomic E-state index is 2.36. The first-order valence-corrected chi connectivity index (χ1v) is 12.5. The summed E-state index contributed by atoms with van der Waals surface area (Å²) in [6, 6.07) is 30.0. The van der Waals surface area contributed by atoms with Gasteiger partial charge in [0.25, 0.3) is 0 Å². The van der Waals surface area contributed by atoms with E-state index >= 15 is 0 Å². The standard InChI is InChI=1S/C29H30Si.3ClH.Ti/c1-20-13-9-11-17-27(20)30(28-18-12-10-14-21(28)2)19-26-23(4)22(3)24(5)29(26)25-15-7-6-8-16-25;;;;/h6-18H,19H2,1-5H3;3*1H;/q-1;;;;+4/p-3. The zero-order chi connectivity index (χ0) is 21.3. The Morgan fingerprint density at radius 3 is 1.50 bits per heavy atom. The fraction of sp³-hybridized carbons (Fsp3) is 0.207. The largest absolute Gasteiger partial charge is 4.00 e. The van der Waals surface area contributed by atoms with E-state index in [0.717, 1.165) is 6.04 Å². The number of rotatable bonds is 5. The molecule has 0 fully saturated rings. The molecule has 175 valence electrons. The number of halogens is 3. The van der Waals surface area contributed by atoms with Crippen molar-refractivity contribution in [3.63, 3.8) is 0 Å². The second-order valence-electron chi connectivity index (χ2n) is 8.38. The summed E-state index contributed by atoms with van der Waals surface area (Å²) in [4.78, 5) is 0. The van der Waals surface area contributed by atoms with Crippen molar-refractivity contribution >= 4 is 19.2 Å². The molecule has 0 aliphatic carbocycles. The molecule has 0 nitrogen and oxygen atoms in total. The molecule has 0 amide bonds. The van der Waals surface area contributed by atoms with Gasteiger partial charge in [-0.25, -0.2) is 0 Å². The molecule has 0 atom stereocenters. The van der Waals surface area contributed by atoms with Crippen molar-refractivity contribution in [3.8, 4) is 11.1 Å². The fourth-order valence-electron chi connectivity index (χ4n) is 4.66. The molecule has 0 spiro atoms. The van der Waals surface area contributed by atoms with Crippen molar-refractivity contribution in [3.05, 3.63) is 112 Å². The van der Waals surface area contributed by atoms with Gasteiger partial charge in [-0.15, -0.1) is 16.7 Å². The van der Waals surface area contributed by atoms with Crippen molar-refractivity contribution in [1.82, 2.24) is 0 Å². The summed E-state index contributed by atoms with van der Waals surface area (Å²) in [5.41, 5.74) is 11.5. The minimum Gasteiger partial charge on any atom is -1.00 e. The molecule has 0 heterocycles. The van der Waals surface area contributed by atoms with Gasteiger partial charge in [-0.2, -0.15) is 11.1 Å². The van der Waals surface area contributed by atoms with E-state index in [2.05, 4.69) is 113 Å². The van der Waals surface area contributed by atoms with Crippen LogP contribution in [0.25, 0.3) is 11.1 Å². The first kappa shape index (κ1) is 32.8. The van der Waals surface area contributed by atoms with Crippen molar-refractivity contribution in [2.45, 2.75) is 40.7 Å². The Kier molecular flexibility index (Phi) is 13.9. The summed E-state index contributed by atoms with van der Waals surface area (Å²) in [5, 5.41) is 3.07. The Hall–Kier alpha value is -1.19. The zero-order valence-electron chi connectivity index (χ0n) is 20.3. The molecule has 0 bridgehead atoms. The molecule has 1 radical (unpaired) electrons. The minimum absolute atomic E-state index is 0. The summed E-state index contributed by atoms with van der Waals surface area (Å²) < 4.78 is 0. The quantitative estimate of drug-likeness (QED) is 0.181. The Bertz CT molecular complexity index is 1140. The Labute approximate surface area is 240 Å². The van der Waals surface area contributed by atoms with Gasteiger partial charge in [-0.1, -0.05) is 133 Å². The molecule has 0 aliphatic rings. The van der Waals surface area contributed by atoms with E-state index in [1.807, 2.05) is 0 Å². The minimum atomic E-state index is -0.967. The summed E-state index contributed by atoms with van der Waals surface area (Å²) in [6.07, 6.45) is 0. The van der Waals surface area contributed by atoms with E-state index in [1.165, 1.54) is 54.9 Å². The Morgan fingerprint density at radius 2 is 1.03 bits per heavy atom. The second kappa shape index (κ2) is 14.4. The average Bonchev–Trinajstić information content (AvgIpc) is 2.97. The third kappa shape index (κ3) is 6.52. The van der Waals surface area contributed by atoms with Gasteiger partial charge in [0.1, 0.15) is 8.80 Å². The first-order chi connectivity index (χ1) is 14.5. The predicted octanol–water partition coefficient (Wildman–Crippen LogP) is -2.98. The van der Waals surface area contributed by atoms with Crippen LogP contribution in [0.1, 0.15) is 33.4 Å². The molecular formula is C29H30Cl3SiTi. The molecule has 0 unspecified atom stereocenters. The molecule has 4 rings (SSSR count). The van der Waals surface area contributed by atoms with E-state index in [0.29, 0.717) is 0 Å². The van der Waals surface area contributed by atoms with Crippen LogP contribution in [0.2, 0.25) is 0 Å². The molecular weight excluding hydrogens is 531 g/mol. The van der Waals surface area contributed by atoms with Gasteiger partial charge in [-0.05, 0) is 13.8 Å². The van der Waals surface area contributed by atoms with Crippen LogP contribution in [0, 0.1) is 34.6 Å². The van der Waals surface area contributed by atoms with Crippen LogP contribution in [-0.4, -0.2) is 8.80 Å². The summed E-state index contributed by atoms with van der Waals surface area (Å²) in [6.45, 7) is 11.4. The maximum absolute atomic E-state index is 2.36. The van der Waals surface area contributed by atoms with Crippen molar-refractivity contribution in [2.75, 3.05) is 0 Å². The SMILES string of the molecule is Cc1ccccc1[Si](C[c-]1c(C)c(C)c(C)c1-c1ccccc1)c1ccccc1C.[Cl-].[Cl-].[Cl-].[Ti+4]. The van der Waals surface area contributed by atoms with Crippen molar-refractivity contribution in [1.29, 1.82) is 0 Å². The van der Waals surface area contributed by atoms with Gasteiger partial charge in [-0.3, -0.25) is 0 Å². The van der Waals surface area contributed by atoms with Crippen LogP contribution in [0.5, 0.6) is 0 Å². The van der Waals surface area contributed by atoms with Crippen LogP contribution >= 0.6 is 0 Å². The normalized spacial score (nSPS) is 9.94. The maximum Gasteiger partial charge on any atom is 4.00 e. The van der Waals surface area contributed by atoms with Gasteiger partial charge in [0, 0.05) is 0 Å². The summed E-state index contributed by atoms with van der Waals surface area (Å²) >= 11 is 0. The van der Waals surface area contributed by atoms with Crippen LogP contribution in [0.3, 0.4) is 0 Å². The predicted molar refractivity (Wildman–Crippen MR) is 133 cm³/mol. The third-order valence-electron chi connectivity index (χ3n) is 6.61. The van der Waals surface area contributed by atoms with Crippen LogP contribution < -0.4 is 47.6 Å². The zero-order valence-corrected chi connectivity index (χ0v) is 25.2. The van der Waals surface area contributed by atoms with Gasteiger partial charge in [0.2, 0.25) is 0 Å². The van der Waals surface area contributed by atoms with E-state index in [9.17, 15) is 0 Å².